The second-order valence-electron chi connectivity index (χ2n) is 11.6. The van der Waals surface area contributed by atoms with Crippen molar-refractivity contribution in [2.45, 2.75) is 70.7 Å². The van der Waals surface area contributed by atoms with Gasteiger partial charge in [-0.15, -0.1) is 6.58 Å². The van der Waals surface area contributed by atoms with Crippen molar-refractivity contribution in [3.63, 3.8) is 0 Å². The first kappa shape index (κ1) is 32.3. The van der Waals surface area contributed by atoms with E-state index in [4.69, 9.17) is 23.9 Å². The maximum absolute atomic E-state index is 13.8. The predicted octanol–water partition coefficient (Wildman–Crippen LogP) is 5.68. The molecule has 1 fully saturated rings. The van der Waals surface area contributed by atoms with Gasteiger partial charge in [-0.05, 0) is 46.2 Å². The normalized spacial score (nSPS) is 17.8. The van der Waals surface area contributed by atoms with Gasteiger partial charge in [-0.1, -0.05) is 43.3 Å². The lowest BCUT2D eigenvalue weighted by Gasteiger charge is -2.32. The molecule has 3 atom stereocenters. The molecule has 0 unspecified atom stereocenters. The monoisotopic (exact) mass is 603 g/mol. The predicted molar refractivity (Wildman–Crippen MR) is 167 cm³/mol. The van der Waals surface area contributed by atoms with Crippen LogP contribution in [0.4, 0.5) is 4.79 Å². The van der Waals surface area contributed by atoms with E-state index < -0.39 is 41.3 Å². The molecule has 2 aromatic carbocycles. The van der Waals surface area contributed by atoms with Crippen LogP contribution < -0.4 is 14.8 Å². The number of hydrogen-bond acceptors (Lipinski definition) is 8. The standard InChI is InChI=1S/C34H41N3O7/c1-8-34(9-2,31(39)42-10-3)36-30(38)28-19-24(21-37(28)32(40)44-33(4,5)6)43-29-20-26(22-14-12-11-13-15-22)35-27-18-23(41-7)16-17-25(27)29/h8,11-18,20,24,28H,1,9-10,19,21H2,2-7H3,(H,36,38)/t24-,28+,34+/m1/s1. The van der Waals surface area contributed by atoms with E-state index in [2.05, 4.69) is 11.9 Å². The van der Waals surface area contributed by atoms with Crippen LogP contribution in [0.5, 0.6) is 11.5 Å². The number of carbonyl (C=O) groups excluding carboxylic acids is 3. The minimum atomic E-state index is -1.45. The Bertz CT molecular complexity index is 1520. The molecule has 234 valence electrons. The molecule has 1 aromatic heterocycles. The number of benzene rings is 2. The summed E-state index contributed by atoms with van der Waals surface area (Å²) in [6.45, 7) is 12.7. The van der Waals surface area contributed by atoms with Gasteiger partial charge in [0, 0.05) is 29.5 Å². The third-order valence-corrected chi connectivity index (χ3v) is 7.43. The fourth-order valence-electron chi connectivity index (χ4n) is 5.12. The topological polar surface area (TPSA) is 116 Å². The van der Waals surface area contributed by atoms with Crippen LogP contribution in [0.3, 0.4) is 0 Å². The highest BCUT2D eigenvalue weighted by molar-refractivity contribution is 5.94. The Hall–Kier alpha value is -4.60. The lowest BCUT2D eigenvalue weighted by Crippen LogP contribution is -2.58. The number of methoxy groups -OCH3 is 1. The van der Waals surface area contributed by atoms with Crippen molar-refractivity contribution >= 4 is 28.9 Å². The fourth-order valence-corrected chi connectivity index (χ4v) is 5.12. The summed E-state index contributed by atoms with van der Waals surface area (Å²) in [6.07, 6.45) is 0.513. The Morgan fingerprint density at radius 3 is 2.43 bits per heavy atom. The van der Waals surface area contributed by atoms with Gasteiger partial charge < -0.3 is 24.3 Å². The van der Waals surface area contributed by atoms with E-state index in [1.807, 2.05) is 54.6 Å². The molecule has 4 rings (SSSR count). The van der Waals surface area contributed by atoms with E-state index in [1.54, 1.807) is 41.7 Å². The summed E-state index contributed by atoms with van der Waals surface area (Å²) >= 11 is 0. The number of amides is 2. The van der Waals surface area contributed by atoms with Crippen LogP contribution in [0.15, 0.2) is 67.3 Å². The van der Waals surface area contributed by atoms with Crippen LogP contribution in [0, 0.1) is 0 Å². The van der Waals surface area contributed by atoms with Crippen LogP contribution in [0.1, 0.15) is 47.5 Å². The summed E-state index contributed by atoms with van der Waals surface area (Å²) in [4.78, 5) is 46.2. The quantitative estimate of drug-likeness (QED) is 0.232. The molecule has 10 nitrogen and oxygen atoms in total. The summed E-state index contributed by atoms with van der Waals surface area (Å²) in [5.74, 6) is 0.0453. The molecule has 1 saturated heterocycles. The molecule has 2 heterocycles. The van der Waals surface area contributed by atoms with Gasteiger partial charge in [-0.2, -0.15) is 0 Å². The molecule has 0 aliphatic carbocycles. The Kier molecular flexibility index (Phi) is 9.81. The van der Waals surface area contributed by atoms with Crippen molar-refractivity contribution in [3.05, 3.63) is 67.3 Å². The van der Waals surface area contributed by atoms with Gasteiger partial charge in [0.15, 0.2) is 5.54 Å². The van der Waals surface area contributed by atoms with Gasteiger partial charge in [-0.25, -0.2) is 14.6 Å². The highest BCUT2D eigenvalue weighted by Crippen LogP contribution is 2.35. The van der Waals surface area contributed by atoms with Gasteiger partial charge >= 0.3 is 12.1 Å². The first-order chi connectivity index (χ1) is 20.9. The van der Waals surface area contributed by atoms with Crippen molar-refractivity contribution < 1.29 is 33.3 Å². The summed E-state index contributed by atoms with van der Waals surface area (Å²) < 4.78 is 22.9. The number of fused-ring (bicyclic) bond motifs is 1. The molecular formula is C34H41N3O7. The number of pyridine rings is 1. The number of nitrogens with zero attached hydrogens (tertiary/aromatic N) is 2. The van der Waals surface area contributed by atoms with E-state index in [-0.39, 0.29) is 26.0 Å². The third-order valence-electron chi connectivity index (χ3n) is 7.43. The maximum atomic E-state index is 13.8. The molecule has 1 aliphatic rings. The molecule has 0 spiro atoms. The maximum Gasteiger partial charge on any atom is 0.411 e. The average Bonchev–Trinajstić information content (AvgIpc) is 3.43. The van der Waals surface area contributed by atoms with Gasteiger partial charge in [0.1, 0.15) is 29.2 Å². The molecule has 10 heteroatoms. The summed E-state index contributed by atoms with van der Waals surface area (Å²) in [5.41, 5.74) is 0.0361. The average molecular weight is 604 g/mol. The Labute approximate surface area is 258 Å². The third kappa shape index (κ3) is 7.12. The van der Waals surface area contributed by atoms with E-state index in [9.17, 15) is 14.4 Å². The fraction of sp³-hybridized carbons (Fsp3) is 0.412. The summed E-state index contributed by atoms with van der Waals surface area (Å²) in [7, 11) is 1.59. The Morgan fingerprint density at radius 1 is 1.09 bits per heavy atom. The van der Waals surface area contributed by atoms with Gasteiger partial charge in [0.2, 0.25) is 5.91 Å². The molecule has 0 bridgehead atoms. The van der Waals surface area contributed by atoms with Crippen LogP contribution in [0.25, 0.3) is 22.2 Å². The Morgan fingerprint density at radius 2 is 1.82 bits per heavy atom. The number of hydrogen-bond donors (Lipinski definition) is 1. The molecule has 1 aliphatic heterocycles. The number of ether oxygens (including phenoxy) is 4. The van der Waals surface area contributed by atoms with E-state index >= 15 is 0 Å². The van der Waals surface area contributed by atoms with E-state index in [0.29, 0.717) is 22.7 Å². The number of likely N-dealkylation sites (tertiary alicyclic amines) is 1. The van der Waals surface area contributed by atoms with Crippen molar-refractivity contribution in [2.75, 3.05) is 20.3 Å². The van der Waals surface area contributed by atoms with Crippen molar-refractivity contribution in [2.24, 2.45) is 0 Å². The number of nitrogens with one attached hydrogen (secondary N) is 1. The highest BCUT2D eigenvalue weighted by Gasteiger charge is 2.46. The summed E-state index contributed by atoms with van der Waals surface area (Å²) in [6, 6.07) is 16.1. The molecule has 1 N–H and O–H groups in total. The molecular weight excluding hydrogens is 562 g/mol. The number of carbonyl (C=O) groups is 3. The van der Waals surface area contributed by atoms with Gasteiger partial charge in [0.05, 0.1) is 31.5 Å². The first-order valence-electron chi connectivity index (χ1n) is 14.8. The smallest absolute Gasteiger partial charge is 0.411 e. The number of rotatable bonds is 10. The van der Waals surface area contributed by atoms with Crippen LogP contribution in [-0.4, -0.2) is 71.4 Å². The van der Waals surface area contributed by atoms with Crippen molar-refractivity contribution in [3.8, 4) is 22.8 Å². The zero-order valence-corrected chi connectivity index (χ0v) is 26.2. The minimum absolute atomic E-state index is 0.0836. The molecule has 0 radical (unpaired) electrons. The minimum Gasteiger partial charge on any atom is -0.497 e. The zero-order valence-electron chi connectivity index (χ0n) is 26.2. The zero-order chi connectivity index (χ0) is 32.1. The van der Waals surface area contributed by atoms with Gasteiger partial charge in [-0.3, -0.25) is 9.69 Å². The van der Waals surface area contributed by atoms with Crippen molar-refractivity contribution in [1.82, 2.24) is 15.2 Å². The van der Waals surface area contributed by atoms with E-state index in [0.717, 1.165) is 10.9 Å². The molecule has 2 amide bonds. The number of esters is 1. The van der Waals surface area contributed by atoms with Crippen LogP contribution >= 0.6 is 0 Å². The largest absolute Gasteiger partial charge is 0.497 e. The molecule has 3 aromatic rings. The lowest BCUT2D eigenvalue weighted by atomic mass is 9.95. The molecule has 0 saturated carbocycles. The van der Waals surface area contributed by atoms with Crippen LogP contribution in [-0.2, 0) is 19.1 Å². The second-order valence-corrected chi connectivity index (χ2v) is 11.6. The van der Waals surface area contributed by atoms with Crippen molar-refractivity contribution in [1.29, 1.82) is 0 Å². The van der Waals surface area contributed by atoms with Gasteiger partial charge in [0.25, 0.3) is 0 Å². The summed E-state index contributed by atoms with van der Waals surface area (Å²) in [5, 5.41) is 3.55. The van der Waals surface area contributed by atoms with E-state index in [1.165, 1.54) is 11.0 Å². The van der Waals surface area contributed by atoms with Crippen LogP contribution in [0.2, 0.25) is 0 Å². The number of aromatic nitrogens is 1. The lowest BCUT2D eigenvalue weighted by molar-refractivity contribution is -0.151. The SMILES string of the molecule is C=C[C@@](CC)(NC(=O)[C@@H]1C[C@@H](Oc2cc(-c3ccccc3)nc3cc(OC)ccc23)CN1C(=O)OC(C)(C)C)C(=O)OCC. The second kappa shape index (κ2) is 13.4. The highest BCUT2D eigenvalue weighted by atomic mass is 16.6. The Balaban J connectivity index is 1.69. The first-order valence-corrected chi connectivity index (χ1v) is 14.8. The molecule has 44 heavy (non-hydrogen) atoms.